The molecule has 0 saturated carbocycles. The van der Waals surface area contributed by atoms with Crippen molar-refractivity contribution in [3.63, 3.8) is 0 Å². The van der Waals surface area contributed by atoms with E-state index in [1.165, 1.54) is 0 Å². The molecule has 0 radical (unpaired) electrons. The Kier molecular flexibility index (Phi) is 4.27. The van der Waals surface area contributed by atoms with Gasteiger partial charge in [-0.05, 0) is 25.1 Å². The molecular weight excluding hydrogens is 260 g/mol. The Labute approximate surface area is 116 Å². The number of benzene rings is 1. The number of methoxy groups -OCH3 is 1. The first-order valence-corrected chi connectivity index (χ1v) is 6.88. The van der Waals surface area contributed by atoms with E-state index in [9.17, 15) is 4.79 Å². The highest BCUT2D eigenvalue weighted by molar-refractivity contribution is 7.98. The Morgan fingerprint density at radius 1 is 1.47 bits per heavy atom. The van der Waals surface area contributed by atoms with Crippen molar-refractivity contribution in [1.82, 2.24) is 9.78 Å². The largest absolute Gasteiger partial charge is 0.496 e. The molecule has 2 rings (SSSR count). The molecule has 0 atom stereocenters. The first-order valence-electron chi connectivity index (χ1n) is 5.89. The molecule has 4 nitrogen and oxygen atoms in total. The minimum atomic E-state index is 0.0651. The predicted molar refractivity (Wildman–Crippen MR) is 75.8 cm³/mol. The van der Waals surface area contributed by atoms with Gasteiger partial charge < -0.3 is 4.74 Å². The minimum absolute atomic E-state index is 0.0651. The molecule has 0 saturated heterocycles. The fourth-order valence-corrected chi connectivity index (χ4v) is 2.64. The van der Waals surface area contributed by atoms with E-state index >= 15 is 0 Å². The summed E-state index contributed by atoms with van der Waals surface area (Å²) in [4.78, 5) is 12.5. The summed E-state index contributed by atoms with van der Waals surface area (Å²) in [5, 5.41) is 4.13. The SMILES string of the molecule is COc1ccc(C(C)=O)cc1CSc1cnn(C)c1. The van der Waals surface area contributed by atoms with E-state index in [4.69, 9.17) is 4.74 Å². The number of hydrogen-bond acceptors (Lipinski definition) is 4. The Morgan fingerprint density at radius 2 is 2.26 bits per heavy atom. The van der Waals surface area contributed by atoms with Crippen molar-refractivity contribution in [1.29, 1.82) is 0 Å². The molecule has 0 aliphatic heterocycles. The molecule has 0 aliphatic rings. The first-order chi connectivity index (χ1) is 9.10. The van der Waals surface area contributed by atoms with Crippen LogP contribution in [0.1, 0.15) is 22.8 Å². The molecule has 2 aromatic rings. The number of carbonyl (C=O) groups is 1. The van der Waals surface area contributed by atoms with Gasteiger partial charge in [-0.25, -0.2) is 0 Å². The van der Waals surface area contributed by atoms with Crippen LogP contribution in [0.2, 0.25) is 0 Å². The van der Waals surface area contributed by atoms with Crippen LogP contribution in [0.5, 0.6) is 5.75 Å². The van der Waals surface area contributed by atoms with E-state index in [0.717, 1.165) is 22.0 Å². The second-order valence-electron chi connectivity index (χ2n) is 4.22. The zero-order valence-corrected chi connectivity index (χ0v) is 12.0. The second-order valence-corrected chi connectivity index (χ2v) is 5.27. The number of ether oxygens (including phenoxy) is 1. The first kappa shape index (κ1) is 13.7. The highest BCUT2D eigenvalue weighted by Crippen LogP contribution is 2.28. The molecule has 0 N–H and O–H groups in total. The summed E-state index contributed by atoms with van der Waals surface area (Å²) in [5.74, 6) is 1.62. The van der Waals surface area contributed by atoms with Crippen LogP contribution in [-0.4, -0.2) is 22.7 Å². The number of Topliss-reactive ketones (excluding diaryl/α,β-unsaturated/α-hetero) is 1. The lowest BCUT2D eigenvalue weighted by Crippen LogP contribution is -1.96. The van der Waals surface area contributed by atoms with Crippen molar-refractivity contribution in [2.24, 2.45) is 7.05 Å². The summed E-state index contributed by atoms with van der Waals surface area (Å²) in [5.41, 5.74) is 1.73. The Bertz CT molecular complexity index is 593. The maximum atomic E-state index is 11.4. The van der Waals surface area contributed by atoms with Gasteiger partial charge >= 0.3 is 0 Å². The lowest BCUT2D eigenvalue weighted by atomic mass is 10.1. The molecule has 1 aromatic heterocycles. The van der Waals surface area contributed by atoms with Crippen molar-refractivity contribution in [3.8, 4) is 5.75 Å². The number of hydrogen-bond donors (Lipinski definition) is 0. The van der Waals surface area contributed by atoms with Gasteiger partial charge in [0.2, 0.25) is 0 Å². The predicted octanol–water partition coefficient (Wildman–Crippen LogP) is 2.92. The number of aryl methyl sites for hydroxylation is 1. The van der Waals surface area contributed by atoms with Crippen LogP contribution in [0.3, 0.4) is 0 Å². The van der Waals surface area contributed by atoms with E-state index in [-0.39, 0.29) is 5.78 Å². The van der Waals surface area contributed by atoms with Crippen LogP contribution >= 0.6 is 11.8 Å². The van der Waals surface area contributed by atoms with Crippen LogP contribution in [0.4, 0.5) is 0 Å². The topological polar surface area (TPSA) is 44.1 Å². The number of aromatic nitrogens is 2. The Balaban J connectivity index is 2.17. The van der Waals surface area contributed by atoms with Gasteiger partial charge in [0, 0.05) is 35.0 Å². The standard InChI is InChI=1S/C14H16N2O2S/c1-10(17)11-4-5-14(18-3)12(6-11)9-19-13-7-15-16(2)8-13/h4-8H,9H2,1-3H3. The Hall–Kier alpha value is -1.75. The van der Waals surface area contributed by atoms with Gasteiger partial charge in [0.05, 0.1) is 13.3 Å². The number of ketones is 1. The van der Waals surface area contributed by atoms with Gasteiger partial charge in [-0.3, -0.25) is 9.48 Å². The fourth-order valence-electron chi connectivity index (χ4n) is 1.74. The quantitative estimate of drug-likeness (QED) is 0.622. The van der Waals surface area contributed by atoms with Gasteiger partial charge in [0.25, 0.3) is 0 Å². The molecule has 100 valence electrons. The average molecular weight is 276 g/mol. The summed E-state index contributed by atoms with van der Waals surface area (Å²) < 4.78 is 7.10. The van der Waals surface area contributed by atoms with E-state index in [0.29, 0.717) is 5.56 Å². The second kappa shape index (κ2) is 5.93. The summed E-state index contributed by atoms with van der Waals surface area (Å²) in [6, 6.07) is 5.53. The maximum absolute atomic E-state index is 11.4. The van der Waals surface area contributed by atoms with Gasteiger partial charge in [-0.2, -0.15) is 5.10 Å². The molecule has 0 spiro atoms. The Morgan fingerprint density at radius 3 is 2.84 bits per heavy atom. The number of carbonyl (C=O) groups excluding carboxylic acids is 1. The molecule has 5 heteroatoms. The van der Waals surface area contributed by atoms with Gasteiger partial charge in [-0.1, -0.05) is 0 Å². The van der Waals surface area contributed by atoms with Gasteiger partial charge in [-0.15, -0.1) is 11.8 Å². The third-order valence-electron chi connectivity index (χ3n) is 2.76. The number of nitrogens with zero attached hydrogens (tertiary/aromatic N) is 2. The summed E-state index contributed by atoms with van der Waals surface area (Å²) in [6.07, 6.45) is 3.79. The van der Waals surface area contributed by atoms with E-state index in [1.807, 2.05) is 31.6 Å². The summed E-state index contributed by atoms with van der Waals surface area (Å²) in [6.45, 7) is 1.57. The van der Waals surface area contributed by atoms with Crippen LogP contribution < -0.4 is 4.74 Å². The van der Waals surface area contributed by atoms with Crippen molar-refractivity contribution < 1.29 is 9.53 Å². The van der Waals surface area contributed by atoms with Gasteiger partial charge in [0.1, 0.15) is 5.75 Å². The molecule has 0 amide bonds. The maximum Gasteiger partial charge on any atom is 0.159 e. The monoisotopic (exact) mass is 276 g/mol. The van der Waals surface area contributed by atoms with Crippen LogP contribution in [0.15, 0.2) is 35.5 Å². The van der Waals surface area contributed by atoms with Crippen LogP contribution in [-0.2, 0) is 12.8 Å². The molecule has 0 unspecified atom stereocenters. The molecule has 0 aliphatic carbocycles. The lowest BCUT2D eigenvalue weighted by Gasteiger charge is -2.09. The van der Waals surface area contributed by atoms with E-state index in [1.54, 1.807) is 36.5 Å². The van der Waals surface area contributed by atoms with Crippen molar-refractivity contribution >= 4 is 17.5 Å². The molecule has 19 heavy (non-hydrogen) atoms. The van der Waals surface area contributed by atoms with Crippen molar-refractivity contribution in [2.75, 3.05) is 7.11 Å². The lowest BCUT2D eigenvalue weighted by molar-refractivity contribution is 0.101. The normalized spacial score (nSPS) is 10.5. The van der Waals surface area contributed by atoms with E-state index in [2.05, 4.69) is 5.10 Å². The highest BCUT2D eigenvalue weighted by Gasteiger charge is 2.08. The zero-order chi connectivity index (χ0) is 13.8. The highest BCUT2D eigenvalue weighted by atomic mass is 32.2. The number of rotatable bonds is 5. The summed E-state index contributed by atoms with van der Waals surface area (Å²) in [7, 11) is 3.53. The minimum Gasteiger partial charge on any atom is -0.496 e. The van der Waals surface area contributed by atoms with E-state index < -0.39 is 0 Å². The molecular formula is C14H16N2O2S. The third-order valence-corrected chi connectivity index (χ3v) is 3.76. The van der Waals surface area contributed by atoms with Crippen LogP contribution in [0, 0.1) is 0 Å². The summed E-state index contributed by atoms with van der Waals surface area (Å²) >= 11 is 1.67. The number of thioether (sulfide) groups is 1. The molecule has 1 aromatic carbocycles. The molecule has 1 heterocycles. The van der Waals surface area contributed by atoms with Crippen molar-refractivity contribution in [3.05, 3.63) is 41.7 Å². The smallest absolute Gasteiger partial charge is 0.159 e. The fraction of sp³-hybridized carbons (Fsp3) is 0.286. The van der Waals surface area contributed by atoms with Crippen LogP contribution in [0.25, 0.3) is 0 Å². The van der Waals surface area contributed by atoms with Crippen molar-refractivity contribution in [2.45, 2.75) is 17.6 Å². The zero-order valence-electron chi connectivity index (χ0n) is 11.2. The average Bonchev–Trinajstić information content (AvgIpc) is 2.81. The molecule has 0 fully saturated rings. The van der Waals surface area contributed by atoms with Gasteiger partial charge in [0.15, 0.2) is 5.78 Å². The third kappa shape index (κ3) is 3.38. The molecule has 0 bridgehead atoms.